The van der Waals surface area contributed by atoms with E-state index in [1.807, 2.05) is 36.4 Å². The molecule has 0 atom stereocenters. The molecule has 2 rings (SSSR count). The Morgan fingerprint density at radius 3 is 2.23 bits per heavy atom. The van der Waals surface area contributed by atoms with Gasteiger partial charge in [-0.05, 0) is 48.4 Å². The van der Waals surface area contributed by atoms with E-state index in [-0.39, 0.29) is 24.8 Å². The lowest BCUT2D eigenvalue weighted by atomic mass is 10.1. The van der Waals surface area contributed by atoms with Gasteiger partial charge in [0.05, 0.1) is 6.61 Å². The van der Waals surface area contributed by atoms with E-state index in [1.54, 1.807) is 0 Å². The summed E-state index contributed by atoms with van der Waals surface area (Å²) in [5, 5.41) is 12.0. The highest BCUT2D eigenvalue weighted by atomic mass is 35.5. The maximum atomic E-state index is 12.8. The summed E-state index contributed by atoms with van der Waals surface area (Å²) in [4.78, 5) is 0. The van der Waals surface area contributed by atoms with Crippen LogP contribution in [0.2, 0.25) is 0 Å². The first-order valence-electron chi connectivity index (χ1n) is 7.05. The standard InChI is InChI=1S/C17H20FNO2.ClH/c18-16-5-1-14(2-6-16)9-10-19-13-15-3-7-17(8-4-15)21-12-11-20;/h1-8,19-20H,9-13H2;1H. The number of benzene rings is 2. The molecule has 0 aliphatic carbocycles. The lowest BCUT2D eigenvalue weighted by Gasteiger charge is -2.07. The topological polar surface area (TPSA) is 41.5 Å². The molecule has 0 fully saturated rings. The van der Waals surface area contributed by atoms with Crippen LogP contribution >= 0.6 is 12.4 Å². The van der Waals surface area contributed by atoms with Gasteiger partial charge in [0.2, 0.25) is 0 Å². The number of hydrogen-bond donors (Lipinski definition) is 2. The molecule has 5 heteroatoms. The fraction of sp³-hybridized carbons (Fsp3) is 0.294. The van der Waals surface area contributed by atoms with E-state index in [0.29, 0.717) is 6.61 Å². The molecular weight excluding hydrogens is 305 g/mol. The van der Waals surface area contributed by atoms with Crippen LogP contribution in [0.5, 0.6) is 5.75 Å². The zero-order chi connectivity index (χ0) is 14.9. The molecule has 0 radical (unpaired) electrons. The second-order valence-corrected chi connectivity index (χ2v) is 4.77. The van der Waals surface area contributed by atoms with Gasteiger partial charge in [0.1, 0.15) is 18.2 Å². The summed E-state index contributed by atoms with van der Waals surface area (Å²) in [7, 11) is 0. The Bertz CT molecular complexity index is 531. The van der Waals surface area contributed by atoms with E-state index in [1.165, 1.54) is 17.7 Å². The van der Waals surface area contributed by atoms with Crippen molar-refractivity contribution in [2.24, 2.45) is 0 Å². The molecule has 0 amide bonds. The summed E-state index contributed by atoms with van der Waals surface area (Å²) in [5.41, 5.74) is 2.29. The van der Waals surface area contributed by atoms with Gasteiger partial charge in [0.15, 0.2) is 0 Å². The first-order chi connectivity index (χ1) is 10.3. The molecule has 0 aliphatic rings. The molecule has 2 N–H and O–H groups in total. The van der Waals surface area contributed by atoms with Gasteiger partial charge in [-0.1, -0.05) is 24.3 Å². The number of hydrogen-bond acceptors (Lipinski definition) is 3. The number of halogens is 2. The van der Waals surface area contributed by atoms with Crippen LogP contribution in [-0.4, -0.2) is 24.9 Å². The Labute approximate surface area is 136 Å². The molecule has 120 valence electrons. The average Bonchev–Trinajstić information content (AvgIpc) is 2.52. The summed E-state index contributed by atoms with van der Waals surface area (Å²) >= 11 is 0. The van der Waals surface area contributed by atoms with Gasteiger partial charge in [0.25, 0.3) is 0 Å². The third-order valence-corrected chi connectivity index (χ3v) is 3.12. The Kier molecular flexibility index (Phi) is 8.51. The number of aliphatic hydroxyl groups is 1. The van der Waals surface area contributed by atoms with E-state index >= 15 is 0 Å². The number of ether oxygens (including phenoxy) is 1. The molecule has 2 aromatic carbocycles. The molecule has 0 unspecified atom stereocenters. The van der Waals surface area contributed by atoms with Crippen molar-refractivity contribution >= 4 is 12.4 Å². The van der Waals surface area contributed by atoms with Crippen molar-refractivity contribution in [3.8, 4) is 5.75 Å². The van der Waals surface area contributed by atoms with Gasteiger partial charge in [-0.2, -0.15) is 0 Å². The van der Waals surface area contributed by atoms with Crippen LogP contribution in [0.1, 0.15) is 11.1 Å². The minimum Gasteiger partial charge on any atom is -0.491 e. The van der Waals surface area contributed by atoms with E-state index in [0.717, 1.165) is 30.8 Å². The van der Waals surface area contributed by atoms with E-state index in [2.05, 4.69) is 5.32 Å². The molecule has 0 bridgehead atoms. The molecule has 0 saturated heterocycles. The van der Waals surface area contributed by atoms with Crippen LogP contribution in [0.15, 0.2) is 48.5 Å². The quantitative estimate of drug-likeness (QED) is 0.733. The monoisotopic (exact) mass is 325 g/mol. The predicted octanol–water partition coefficient (Wildman–Crippen LogP) is 2.95. The number of aliphatic hydroxyl groups excluding tert-OH is 1. The van der Waals surface area contributed by atoms with Crippen LogP contribution in [0, 0.1) is 5.82 Å². The van der Waals surface area contributed by atoms with Crippen LogP contribution in [0.4, 0.5) is 4.39 Å². The number of rotatable bonds is 8. The fourth-order valence-electron chi connectivity index (χ4n) is 1.98. The summed E-state index contributed by atoms with van der Waals surface area (Å²) in [6, 6.07) is 14.4. The second-order valence-electron chi connectivity index (χ2n) is 4.77. The second kappa shape index (κ2) is 10.2. The normalized spacial score (nSPS) is 10.1. The highest BCUT2D eigenvalue weighted by molar-refractivity contribution is 5.85. The molecule has 3 nitrogen and oxygen atoms in total. The van der Waals surface area contributed by atoms with E-state index in [9.17, 15) is 4.39 Å². The van der Waals surface area contributed by atoms with Gasteiger partial charge in [-0.3, -0.25) is 0 Å². The van der Waals surface area contributed by atoms with Gasteiger partial charge in [0, 0.05) is 6.54 Å². The van der Waals surface area contributed by atoms with Crippen molar-refractivity contribution in [2.75, 3.05) is 19.8 Å². The van der Waals surface area contributed by atoms with Gasteiger partial charge >= 0.3 is 0 Å². The first kappa shape index (κ1) is 18.4. The summed E-state index contributed by atoms with van der Waals surface area (Å²) in [6.45, 7) is 1.96. The SMILES string of the molecule is Cl.OCCOc1ccc(CNCCc2ccc(F)cc2)cc1. The lowest BCUT2D eigenvalue weighted by Crippen LogP contribution is -2.16. The maximum Gasteiger partial charge on any atom is 0.123 e. The molecule has 0 saturated carbocycles. The highest BCUT2D eigenvalue weighted by Crippen LogP contribution is 2.11. The summed E-state index contributed by atoms with van der Waals surface area (Å²) in [5.74, 6) is 0.564. The van der Waals surface area contributed by atoms with Crippen molar-refractivity contribution in [3.63, 3.8) is 0 Å². The van der Waals surface area contributed by atoms with Crippen molar-refractivity contribution in [2.45, 2.75) is 13.0 Å². The van der Waals surface area contributed by atoms with Gasteiger partial charge in [-0.25, -0.2) is 4.39 Å². The Morgan fingerprint density at radius 1 is 0.955 bits per heavy atom. The van der Waals surface area contributed by atoms with Crippen LogP contribution < -0.4 is 10.1 Å². The lowest BCUT2D eigenvalue weighted by molar-refractivity contribution is 0.201. The Balaban J connectivity index is 0.00000242. The molecule has 2 aromatic rings. The molecule has 0 heterocycles. The van der Waals surface area contributed by atoms with Crippen LogP contribution in [0.25, 0.3) is 0 Å². The van der Waals surface area contributed by atoms with Crippen molar-refractivity contribution < 1.29 is 14.2 Å². The zero-order valence-corrected chi connectivity index (χ0v) is 13.1. The molecule has 0 spiro atoms. The van der Waals surface area contributed by atoms with Crippen LogP contribution in [-0.2, 0) is 13.0 Å². The van der Waals surface area contributed by atoms with Crippen molar-refractivity contribution in [1.29, 1.82) is 0 Å². The summed E-state index contributed by atoms with van der Waals surface area (Å²) < 4.78 is 18.1. The van der Waals surface area contributed by atoms with E-state index < -0.39 is 0 Å². The molecule has 0 aliphatic heterocycles. The third-order valence-electron chi connectivity index (χ3n) is 3.12. The third kappa shape index (κ3) is 6.43. The Morgan fingerprint density at radius 2 is 1.59 bits per heavy atom. The molecule has 22 heavy (non-hydrogen) atoms. The minimum atomic E-state index is -0.199. The molecule has 0 aromatic heterocycles. The minimum absolute atomic E-state index is 0. The Hall–Kier alpha value is -1.62. The average molecular weight is 326 g/mol. The highest BCUT2D eigenvalue weighted by Gasteiger charge is 1.97. The fourth-order valence-corrected chi connectivity index (χ4v) is 1.98. The van der Waals surface area contributed by atoms with Gasteiger partial charge in [-0.15, -0.1) is 12.4 Å². The zero-order valence-electron chi connectivity index (χ0n) is 12.3. The first-order valence-corrected chi connectivity index (χ1v) is 7.05. The largest absolute Gasteiger partial charge is 0.491 e. The summed E-state index contributed by atoms with van der Waals surface area (Å²) in [6.07, 6.45) is 0.873. The van der Waals surface area contributed by atoms with Gasteiger partial charge < -0.3 is 15.2 Å². The predicted molar refractivity (Wildman–Crippen MR) is 88.1 cm³/mol. The molecular formula is C17H21ClFNO2. The van der Waals surface area contributed by atoms with Crippen LogP contribution in [0.3, 0.4) is 0 Å². The van der Waals surface area contributed by atoms with E-state index in [4.69, 9.17) is 9.84 Å². The van der Waals surface area contributed by atoms with Crippen molar-refractivity contribution in [3.05, 3.63) is 65.5 Å². The number of nitrogens with one attached hydrogen (secondary N) is 1. The van der Waals surface area contributed by atoms with Crippen molar-refractivity contribution in [1.82, 2.24) is 5.32 Å². The maximum absolute atomic E-state index is 12.8. The smallest absolute Gasteiger partial charge is 0.123 e.